The van der Waals surface area contributed by atoms with Gasteiger partial charge < -0.3 is 15.0 Å². The van der Waals surface area contributed by atoms with Gasteiger partial charge in [-0.15, -0.1) is 0 Å². The highest BCUT2D eigenvalue weighted by atomic mass is 16.5. The van der Waals surface area contributed by atoms with Crippen LogP contribution in [-0.4, -0.2) is 48.1 Å². The van der Waals surface area contributed by atoms with Crippen LogP contribution in [-0.2, 0) is 11.3 Å². The van der Waals surface area contributed by atoms with Gasteiger partial charge in [0.2, 0.25) is 0 Å². The van der Waals surface area contributed by atoms with Gasteiger partial charge in [0.25, 0.3) is 5.91 Å². The van der Waals surface area contributed by atoms with Crippen molar-refractivity contribution < 1.29 is 9.53 Å². The molecule has 164 valence electrons. The van der Waals surface area contributed by atoms with Gasteiger partial charge in [0.15, 0.2) is 0 Å². The fourth-order valence-corrected chi connectivity index (χ4v) is 4.75. The predicted octanol–water partition coefficient (Wildman–Crippen LogP) is 4.43. The number of carbonyl (C=O) groups excluding carboxylic acids is 1. The second-order valence-corrected chi connectivity index (χ2v) is 8.53. The van der Waals surface area contributed by atoms with Crippen LogP contribution in [0.3, 0.4) is 0 Å². The van der Waals surface area contributed by atoms with Crippen molar-refractivity contribution in [2.75, 3.05) is 26.2 Å². The number of carbonyl (C=O) groups is 1. The molecule has 3 heterocycles. The number of nitrogens with one attached hydrogen (secondary N) is 1. The van der Waals surface area contributed by atoms with Crippen molar-refractivity contribution in [2.24, 2.45) is 0 Å². The first kappa shape index (κ1) is 20.9. The summed E-state index contributed by atoms with van der Waals surface area (Å²) in [6, 6.07) is 18.2. The quantitative estimate of drug-likeness (QED) is 0.632. The third-order valence-corrected chi connectivity index (χ3v) is 6.38. The predicted molar refractivity (Wildman–Crippen MR) is 127 cm³/mol. The van der Waals surface area contributed by atoms with E-state index in [1.807, 2.05) is 35.2 Å². The number of ether oxygens (including phenoxy) is 1. The van der Waals surface area contributed by atoms with E-state index in [-0.39, 0.29) is 12.0 Å². The van der Waals surface area contributed by atoms with Crippen molar-refractivity contribution in [3.8, 4) is 0 Å². The van der Waals surface area contributed by atoms with Gasteiger partial charge in [-0.25, -0.2) is 0 Å². The summed E-state index contributed by atoms with van der Waals surface area (Å²) in [5.41, 5.74) is 4.21. The summed E-state index contributed by atoms with van der Waals surface area (Å²) >= 11 is 0. The number of aromatic nitrogens is 1. The van der Waals surface area contributed by atoms with Gasteiger partial charge in [-0.3, -0.25) is 9.78 Å². The summed E-state index contributed by atoms with van der Waals surface area (Å²) in [5, 5.41) is 5.53. The van der Waals surface area contributed by atoms with Crippen LogP contribution in [0.25, 0.3) is 16.3 Å². The minimum absolute atomic E-state index is 0.0354. The topological polar surface area (TPSA) is 54.5 Å². The number of rotatable bonds is 6. The van der Waals surface area contributed by atoms with E-state index in [1.54, 1.807) is 6.20 Å². The van der Waals surface area contributed by atoms with E-state index in [2.05, 4.69) is 40.6 Å². The van der Waals surface area contributed by atoms with Crippen LogP contribution in [0.5, 0.6) is 0 Å². The van der Waals surface area contributed by atoms with Crippen molar-refractivity contribution in [1.82, 2.24) is 15.2 Å². The molecule has 5 rings (SSSR count). The maximum Gasteiger partial charge on any atom is 0.254 e. The lowest BCUT2D eigenvalue weighted by Crippen LogP contribution is -2.37. The maximum absolute atomic E-state index is 13.9. The molecular formula is C27H29N3O2. The Bertz CT molecular complexity index is 1120. The monoisotopic (exact) mass is 427 g/mol. The fraction of sp³-hybridized carbons (Fsp3) is 0.333. The van der Waals surface area contributed by atoms with E-state index in [0.717, 1.165) is 61.0 Å². The second-order valence-electron chi connectivity index (χ2n) is 8.53. The van der Waals surface area contributed by atoms with Gasteiger partial charge in [0.1, 0.15) is 0 Å². The molecule has 1 fully saturated rings. The molecule has 2 aliphatic heterocycles. The van der Waals surface area contributed by atoms with E-state index in [4.69, 9.17) is 4.74 Å². The highest BCUT2D eigenvalue weighted by Crippen LogP contribution is 2.30. The summed E-state index contributed by atoms with van der Waals surface area (Å²) < 4.78 is 5.87. The van der Waals surface area contributed by atoms with Crippen molar-refractivity contribution in [2.45, 2.75) is 31.9 Å². The number of amides is 1. The standard InChI is InChI=1S/C27H29N3O2/c31-27(30(19-22-7-5-17-32-22)18-21-6-1-2-14-29-21)26-11-4-9-24-23(8-3-10-25(24)26)20-12-15-28-16-13-20/h1-4,6,8-12,14,22,28H,5,7,13,15-19H2. The summed E-state index contributed by atoms with van der Waals surface area (Å²) in [4.78, 5) is 20.2. The lowest BCUT2D eigenvalue weighted by Gasteiger charge is -2.26. The highest BCUT2D eigenvalue weighted by Gasteiger charge is 2.25. The van der Waals surface area contributed by atoms with Crippen molar-refractivity contribution in [3.63, 3.8) is 0 Å². The molecule has 2 aromatic carbocycles. The van der Waals surface area contributed by atoms with Crippen LogP contribution in [0, 0.1) is 0 Å². The minimum atomic E-state index is 0.0354. The molecule has 0 aliphatic carbocycles. The zero-order valence-electron chi connectivity index (χ0n) is 18.3. The van der Waals surface area contributed by atoms with E-state index >= 15 is 0 Å². The first-order valence-corrected chi connectivity index (χ1v) is 11.5. The molecule has 1 N–H and O–H groups in total. The second kappa shape index (κ2) is 9.63. The Hall–Kier alpha value is -3.02. The maximum atomic E-state index is 13.9. The van der Waals surface area contributed by atoms with Crippen molar-refractivity contribution in [1.29, 1.82) is 0 Å². The molecule has 32 heavy (non-hydrogen) atoms. The molecule has 5 heteroatoms. The van der Waals surface area contributed by atoms with Crippen molar-refractivity contribution in [3.05, 3.63) is 83.7 Å². The van der Waals surface area contributed by atoms with Gasteiger partial charge in [0.05, 0.1) is 18.3 Å². The molecule has 1 atom stereocenters. The summed E-state index contributed by atoms with van der Waals surface area (Å²) in [6.45, 7) is 3.72. The van der Waals surface area contributed by atoms with E-state index in [0.29, 0.717) is 13.1 Å². The Kier molecular flexibility index (Phi) is 6.28. The molecular weight excluding hydrogens is 398 g/mol. The Morgan fingerprint density at radius 2 is 2.00 bits per heavy atom. The average Bonchev–Trinajstić information content (AvgIpc) is 3.37. The summed E-state index contributed by atoms with van der Waals surface area (Å²) in [6.07, 6.45) is 7.18. The number of nitrogens with zero attached hydrogens (tertiary/aromatic N) is 2. The largest absolute Gasteiger partial charge is 0.376 e. The molecule has 0 spiro atoms. The molecule has 0 radical (unpaired) electrons. The van der Waals surface area contributed by atoms with Crippen LogP contribution < -0.4 is 5.32 Å². The van der Waals surface area contributed by atoms with Gasteiger partial charge in [-0.05, 0) is 65.9 Å². The van der Waals surface area contributed by atoms with Crippen LogP contribution >= 0.6 is 0 Å². The molecule has 0 bridgehead atoms. The molecule has 1 aromatic heterocycles. The van der Waals surface area contributed by atoms with Gasteiger partial charge >= 0.3 is 0 Å². The molecule has 2 aliphatic rings. The SMILES string of the molecule is O=C(c1cccc2c(C3=CCNCC3)cccc12)N(Cc1ccccn1)CC1CCCO1. The van der Waals surface area contributed by atoms with Crippen LogP contribution in [0.15, 0.2) is 66.9 Å². The van der Waals surface area contributed by atoms with Crippen LogP contribution in [0.4, 0.5) is 0 Å². The number of hydrogen-bond acceptors (Lipinski definition) is 4. The number of hydrogen-bond donors (Lipinski definition) is 1. The molecule has 1 unspecified atom stereocenters. The zero-order chi connectivity index (χ0) is 21.8. The number of pyridine rings is 1. The smallest absolute Gasteiger partial charge is 0.254 e. The summed E-state index contributed by atoms with van der Waals surface area (Å²) in [5.74, 6) is 0.0354. The average molecular weight is 428 g/mol. The molecule has 1 amide bonds. The Morgan fingerprint density at radius 1 is 1.09 bits per heavy atom. The van der Waals surface area contributed by atoms with Gasteiger partial charge in [-0.2, -0.15) is 0 Å². The molecule has 3 aromatic rings. The van der Waals surface area contributed by atoms with Gasteiger partial charge in [0, 0.05) is 31.5 Å². The normalized spacial score (nSPS) is 18.5. The number of benzene rings is 2. The Labute approximate surface area is 189 Å². The first-order valence-electron chi connectivity index (χ1n) is 11.5. The van der Waals surface area contributed by atoms with Crippen LogP contribution in [0.2, 0.25) is 0 Å². The first-order chi connectivity index (χ1) is 15.8. The minimum Gasteiger partial charge on any atom is -0.376 e. The lowest BCUT2D eigenvalue weighted by molar-refractivity contribution is 0.0506. The zero-order valence-corrected chi connectivity index (χ0v) is 18.3. The third kappa shape index (κ3) is 4.45. The fourth-order valence-electron chi connectivity index (χ4n) is 4.75. The Balaban J connectivity index is 1.51. The van der Waals surface area contributed by atoms with Gasteiger partial charge in [-0.1, -0.05) is 42.5 Å². The molecule has 5 nitrogen and oxygen atoms in total. The van der Waals surface area contributed by atoms with Crippen LogP contribution in [0.1, 0.15) is 40.9 Å². The molecule has 1 saturated heterocycles. The van der Waals surface area contributed by atoms with E-state index in [9.17, 15) is 4.79 Å². The lowest BCUT2D eigenvalue weighted by atomic mass is 9.92. The van der Waals surface area contributed by atoms with E-state index < -0.39 is 0 Å². The molecule has 0 saturated carbocycles. The highest BCUT2D eigenvalue weighted by molar-refractivity contribution is 6.09. The summed E-state index contributed by atoms with van der Waals surface area (Å²) in [7, 11) is 0. The third-order valence-electron chi connectivity index (χ3n) is 6.38. The Morgan fingerprint density at radius 3 is 2.78 bits per heavy atom. The van der Waals surface area contributed by atoms with E-state index in [1.165, 1.54) is 11.1 Å². The van der Waals surface area contributed by atoms with Crippen molar-refractivity contribution >= 4 is 22.3 Å². The number of fused-ring (bicyclic) bond motifs is 1.